The second-order valence-corrected chi connectivity index (χ2v) is 6.87. The van der Waals surface area contributed by atoms with Gasteiger partial charge in [0.2, 0.25) is 0 Å². The van der Waals surface area contributed by atoms with E-state index in [1.165, 1.54) is 11.8 Å². The molecule has 0 fully saturated rings. The maximum Gasteiger partial charge on any atom is 0.192 e. The van der Waals surface area contributed by atoms with Crippen molar-refractivity contribution in [1.82, 2.24) is 9.55 Å². The topological polar surface area (TPSA) is 48.0 Å². The minimum Gasteiger partial charge on any atom is -0.468 e. The lowest BCUT2D eigenvalue weighted by Gasteiger charge is -2.16. The number of para-hydroxylation sites is 1. The molecule has 0 bridgehead atoms. The van der Waals surface area contributed by atoms with Crippen LogP contribution in [0.1, 0.15) is 11.5 Å². The Morgan fingerprint density at radius 3 is 2.60 bits per heavy atom. The van der Waals surface area contributed by atoms with Gasteiger partial charge < -0.3 is 8.98 Å². The maximum absolute atomic E-state index is 12.6. The summed E-state index contributed by atoms with van der Waals surface area (Å²) in [7, 11) is 0. The molecule has 0 aliphatic heterocycles. The minimum absolute atomic E-state index is 0.0293. The number of aromatic nitrogens is 2. The number of fused-ring (bicyclic) bond motifs is 1. The lowest BCUT2D eigenvalue weighted by atomic mass is 10.2. The van der Waals surface area contributed by atoms with E-state index in [-0.39, 0.29) is 5.43 Å². The molecule has 0 amide bonds. The molecule has 0 spiro atoms. The van der Waals surface area contributed by atoms with Crippen LogP contribution in [0.5, 0.6) is 0 Å². The van der Waals surface area contributed by atoms with Crippen molar-refractivity contribution in [3.05, 3.63) is 82.7 Å². The van der Waals surface area contributed by atoms with Crippen LogP contribution >= 0.6 is 11.8 Å². The fraction of sp³-hybridized carbons (Fsp3) is 0.100. The van der Waals surface area contributed by atoms with Gasteiger partial charge in [-0.2, -0.15) is 0 Å². The van der Waals surface area contributed by atoms with Gasteiger partial charge in [-0.05, 0) is 38.1 Å². The lowest BCUT2D eigenvalue weighted by Crippen LogP contribution is -2.11. The number of hydrogen-bond acceptors (Lipinski definition) is 4. The highest BCUT2D eigenvalue weighted by atomic mass is 32.2. The molecule has 3 heterocycles. The molecule has 0 atom stereocenters. The first-order valence-electron chi connectivity index (χ1n) is 7.93. The third-order valence-corrected chi connectivity index (χ3v) is 5.19. The van der Waals surface area contributed by atoms with Crippen LogP contribution in [0.25, 0.3) is 16.6 Å². The average Bonchev–Trinajstić information content (AvgIpc) is 3.00. The number of pyridine rings is 2. The predicted molar refractivity (Wildman–Crippen MR) is 99.6 cm³/mol. The third kappa shape index (κ3) is 2.87. The largest absolute Gasteiger partial charge is 0.468 e. The number of benzene rings is 1. The summed E-state index contributed by atoms with van der Waals surface area (Å²) in [5.41, 5.74) is 2.70. The molecule has 0 aliphatic rings. The SMILES string of the molecule is Cc1cc2c(cn1)c(=O)cc(Sc1ccoc1C)n2-c1ccccc1. The Labute approximate surface area is 149 Å². The van der Waals surface area contributed by atoms with Crippen LogP contribution in [0.4, 0.5) is 0 Å². The molecule has 4 rings (SSSR count). The number of furan rings is 1. The molecule has 1 aromatic carbocycles. The average molecular weight is 348 g/mol. The van der Waals surface area contributed by atoms with Crippen LogP contribution in [0.2, 0.25) is 0 Å². The molecule has 0 saturated carbocycles. The quantitative estimate of drug-likeness (QED) is 0.536. The fourth-order valence-electron chi connectivity index (χ4n) is 2.80. The van der Waals surface area contributed by atoms with Crippen molar-refractivity contribution in [1.29, 1.82) is 0 Å². The Hall–Kier alpha value is -2.79. The van der Waals surface area contributed by atoms with Gasteiger partial charge in [-0.3, -0.25) is 9.78 Å². The first kappa shape index (κ1) is 15.7. The van der Waals surface area contributed by atoms with E-state index in [1.54, 1.807) is 18.5 Å². The van der Waals surface area contributed by atoms with E-state index in [1.807, 2.05) is 56.3 Å². The molecule has 124 valence electrons. The summed E-state index contributed by atoms with van der Waals surface area (Å²) < 4.78 is 7.50. The molecule has 0 aliphatic carbocycles. The zero-order valence-electron chi connectivity index (χ0n) is 13.9. The lowest BCUT2D eigenvalue weighted by molar-refractivity contribution is 0.527. The van der Waals surface area contributed by atoms with Crippen molar-refractivity contribution >= 4 is 22.7 Å². The van der Waals surface area contributed by atoms with Gasteiger partial charge in [0.25, 0.3) is 0 Å². The summed E-state index contributed by atoms with van der Waals surface area (Å²) in [5.74, 6) is 0.836. The zero-order chi connectivity index (χ0) is 17.4. The molecule has 3 aromatic heterocycles. The second-order valence-electron chi connectivity index (χ2n) is 5.80. The normalized spacial score (nSPS) is 11.1. The summed E-state index contributed by atoms with van der Waals surface area (Å²) in [6.45, 7) is 3.85. The first-order valence-corrected chi connectivity index (χ1v) is 8.75. The third-order valence-electron chi connectivity index (χ3n) is 4.04. The van der Waals surface area contributed by atoms with Crippen LogP contribution in [0, 0.1) is 13.8 Å². The Bertz CT molecular complexity index is 1110. The minimum atomic E-state index is -0.0293. The van der Waals surface area contributed by atoms with Crippen molar-refractivity contribution in [2.24, 2.45) is 0 Å². The highest BCUT2D eigenvalue weighted by Crippen LogP contribution is 2.33. The molecule has 4 nitrogen and oxygen atoms in total. The fourth-order valence-corrected chi connectivity index (χ4v) is 3.81. The van der Waals surface area contributed by atoms with Crippen molar-refractivity contribution in [3.63, 3.8) is 0 Å². The number of aryl methyl sites for hydroxylation is 2. The van der Waals surface area contributed by atoms with Gasteiger partial charge in [-0.1, -0.05) is 30.0 Å². The second kappa shape index (κ2) is 6.26. The van der Waals surface area contributed by atoms with E-state index in [4.69, 9.17) is 4.42 Å². The molecule has 25 heavy (non-hydrogen) atoms. The van der Waals surface area contributed by atoms with Crippen LogP contribution in [0.15, 0.2) is 80.1 Å². The Morgan fingerprint density at radius 2 is 1.88 bits per heavy atom. The highest BCUT2D eigenvalue weighted by molar-refractivity contribution is 7.99. The van der Waals surface area contributed by atoms with Gasteiger partial charge in [-0.25, -0.2) is 0 Å². The zero-order valence-corrected chi connectivity index (χ0v) is 14.7. The Kier molecular flexibility index (Phi) is 3.93. The van der Waals surface area contributed by atoms with Gasteiger partial charge in [-0.15, -0.1) is 0 Å². The smallest absolute Gasteiger partial charge is 0.192 e. The van der Waals surface area contributed by atoms with Gasteiger partial charge >= 0.3 is 0 Å². The van der Waals surface area contributed by atoms with Gasteiger partial charge in [0, 0.05) is 23.6 Å². The Morgan fingerprint density at radius 1 is 1.08 bits per heavy atom. The van der Waals surface area contributed by atoms with Crippen LogP contribution in [-0.4, -0.2) is 9.55 Å². The van der Waals surface area contributed by atoms with Crippen molar-refractivity contribution in [3.8, 4) is 5.69 Å². The molecule has 0 unspecified atom stereocenters. The van der Waals surface area contributed by atoms with Crippen LogP contribution < -0.4 is 5.43 Å². The van der Waals surface area contributed by atoms with Crippen LogP contribution in [0.3, 0.4) is 0 Å². The molecular formula is C20H16N2O2S. The van der Waals surface area contributed by atoms with Crippen molar-refractivity contribution in [2.75, 3.05) is 0 Å². The highest BCUT2D eigenvalue weighted by Gasteiger charge is 2.14. The van der Waals surface area contributed by atoms with E-state index >= 15 is 0 Å². The van der Waals surface area contributed by atoms with E-state index in [0.717, 1.165) is 32.6 Å². The summed E-state index contributed by atoms with van der Waals surface area (Å²) in [4.78, 5) is 17.9. The molecule has 0 saturated heterocycles. The number of nitrogens with zero attached hydrogens (tertiary/aromatic N) is 2. The van der Waals surface area contributed by atoms with Crippen molar-refractivity contribution in [2.45, 2.75) is 23.8 Å². The van der Waals surface area contributed by atoms with E-state index < -0.39 is 0 Å². The summed E-state index contributed by atoms with van der Waals surface area (Å²) in [6.07, 6.45) is 3.32. The van der Waals surface area contributed by atoms with Gasteiger partial charge in [0.15, 0.2) is 5.43 Å². The van der Waals surface area contributed by atoms with E-state index in [2.05, 4.69) is 9.55 Å². The summed E-state index contributed by atoms with van der Waals surface area (Å²) in [6, 6.07) is 15.6. The first-order chi connectivity index (χ1) is 12.1. The van der Waals surface area contributed by atoms with E-state index in [9.17, 15) is 4.79 Å². The molecule has 4 aromatic rings. The molecule has 5 heteroatoms. The predicted octanol–water partition coefficient (Wildman–Crippen LogP) is 4.75. The summed E-state index contributed by atoms with van der Waals surface area (Å²) >= 11 is 1.53. The summed E-state index contributed by atoms with van der Waals surface area (Å²) in [5, 5.41) is 1.46. The monoisotopic (exact) mass is 348 g/mol. The van der Waals surface area contributed by atoms with Gasteiger partial charge in [0.1, 0.15) is 5.76 Å². The molecular weight excluding hydrogens is 332 g/mol. The van der Waals surface area contributed by atoms with Crippen molar-refractivity contribution < 1.29 is 4.42 Å². The van der Waals surface area contributed by atoms with E-state index in [0.29, 0.717) is 5.39 Å². The number of hydrogen-bond donors (Lipinski definition) is 0. The Balaban J connectivity index is 2.04. The standard InChI is InChI=1S/C20H16N2O2S/c1-13-10-17-16(12-21-13)18(23)11-20(25-19-8-9-24-14(19)2)22(17)15-6-4-3-5-7-15/h3-12H,1-2H3. The number of rotatable bonds is 3. The van der Waals surface area contributed by atoms with Crippen LogP contribution in [-0.2, 0) is 0 Å². The molecule has 0 N–H and O–H groups in total. The maximum atomic E-state index is 12.6. The molecule has 0 radical (unpaired) electrons. The van der Waals surface area contributed by atoms with Gasteiger partial charge in [0.05, 0.1) is 27.1 Å².